The first-order valence-corrected chi connectivity index (χ1v) is 9.50. The van der Waals surface area contributed by atoms with Crippen LogP contribution >= 0.6 is 0 Å². The number of carboxylic acids is 1. The van der Waals surface area contributed by atoms with Crippen LogP contribution in [0.5, 0.6) is 0 Å². The molecule has 2 amide bonds. The van der Waals surface area contributed by atoms with Crippen LogP contribution in [0.2, 0.25) is 0 Å². The van der Waals surface area contributed by atoms with E-state index in [0.717, 1.165) is 22.3 Å². The van der Waals surface area contributed by atoms with Gasteiger partial charge in [0.15, 0.2) is 0 Å². The van der Waals surface area contributed by atoms with Gasteiger partial charge in [-0.3, -0.25) is 9.59 Å². The molecule has 0 saturated heterocycles. The summed E-state index contributed by atoms with van der Waals surface area (Å²) in [6.45, 7) is 3.26. The van der Waals surface area contributed by atoms with Gasteiger partial charge in [-0.05, 0) is 36.1 Å². The molecule has 0 spiro atoms. The number of carbonyl (C=O) groups excluding carboxylic acids is 2. The largest absolute Gasteiger partial charge is 0.481 e. The highest BCUT2D eigenvalue weighted by molar-refractivity contribution is 5.86. The predicted octanol–water partition coefficient (Wildman–Crippen LogP) is 2.89. The topological polar surface area (TPSA) is 105 Å². The highest BCUT2D eigenvalue weighted by Gasteiger charge is 2.29. The summed E-state index contributed by atoms with van der Waals surface area (Å²) >= 11 is 0. The molecule has 1 unspecified atom stereocenters. The summed E-state index contributed by atoms with van der Waals surface area (Å²) in [7, 11) is 0. The molecule has 3 rings (SSSR count). The van der Waals surface area contributed by atoms with Crippen LogP contribution in [0.15, 0.2) is 48.5 Å². The molecule has 2 aromatic carbocycles. The van der Waals surface area contributed by atoms with Gasteiger partial charge in [0.05, 0.1) is 6.42 Å². The van der Waals surface area contributed by atoms with E-state index in [9.17, 15) is 14.4 Å². The van der Waals surface area contributed by atoms with Gasteiger partial charge < -0.3 is 20.5 Å². The lowest BCUT2D eigenvalue weighted by atomic mass is 9.98. The molecule has 0 aliphatic heterocycles. The van der Waals surface area contributed by atoms with Crippen molar-refractivity contribution in [3.05, 3.63) is 59.7 Å². The van der Waals surface area contributed by atoms with E-state index in [1.54, 1.807) is 6.92 Å². The van der Waals surface area contributed by atoms with E-state index in [0.29, 0.717) is 0 Å². The third-order valence-electron chi connectivity index (χ3n) is 4.94. The van der Waals surface area contributed by atoms with E-state index in [2.05, 4.69) is 22.8 Å². The summed E-state index contributed by atoms with van der Waals surface area (Å²) in [4.78, 5) is 35.0. The summed E-state index contributed by atoms with van der Waals surface area (Å²) in [6.07, 6.45) is -0.885. The lowest BCUT2D eigenvalue weighted by Gasteiger charge is -2.18. The van der Waals surface area contributed by atoms with Gasteiger partial charge in [0.25, 0.3) is 0 Å². The maximum absolute atomic E-state index is 12.2. The second-order valence-corrected chi connectivity index (χ2v) is 7.20. The number of rotatable bonds is 7. The third kappa shape index (κ3) is 4.74. The van der Waals surface area contributed by atoms with Crippen LogP contribution in [0.1, 0.15) is 37.3 Å². The smallest absolute Gasteiger partial charge is 0.407 e. The number of alkyl carbamates (subject to hydrolysis) is 1. The van der Waals surface area contributed by atoms with Gasteiger partial charge in [-0.25, -0.2) is 4.79 Å². The van der Waals surface area contributed by atoms with E-state index in [-0.39, 0.29) is 18.9 Å². The molecule has 2 atom stereocenters. The number of hydrogen-bond donors (Lipinski definition) is 3. The Hall–Kier alpha value is -3.35. The van der Waals surface area contributed by atoms with Crippen molar-refractivity contribution in [3.8, 4) is 11.1 Å². The molecule has 152 valence electrons. The number of ether oxygens (including phenoxy) is 1. The van der Waals surface area contributed by atoms with Gasteiger partial charge >= 0.3 is 12.1 Å². The Morgan fingerprint density at radius 1 is 0.966 bits per heavy atom. The number of nitrogens with one attached hydrogen (secondary N) is 2. The molecule has 3 N–H and O–H groups in total. The van der Waals surface area contributed by atoms with Crippen molar-refractivity contribution in [1.29, 1.82) is 0 Å². The Kier molecular flexibility index (Phi) is 6.16. The van der Waals surface area contributed by atoms with Crippen molar-refractivity contribution < 1.29 is 24.2 Å². The van der Waals surface area contributed by atoms with Gasteiger partial charge in [0.1, 0.15) is 12.6 Å². The lowest BCUT2D eigenvalue weighted by Crippen LogP contribution is -2.48. The van der Waals surface area contributed by atoms with E-state index >= 15 is 0 Å². The quantitative estimate of drug-likeness (QED) is 0.667. The molecule has 0 fully saturated rings. The first-order chi connectivity index (χ1) is 13.9. The Morgan fingerprint density at radius 2 is 1.52 bits per heavy atom. The number of hydrogen-bond acceptors (Lipinski definition) is 4. The second kappa shape index (κ2) is 8.77. The van der Waals surface area contributed by atoms with E-state index in [1.165, 1.54) is 6.92 Å². The zero-order chi connectivity index (χ0) is 21.0. The number of carbonyl (C=O) groups is 3. The summed E-state index contributed by atoms with van der Waals surface area (Å²) in [5, 5.41) is 13.8. The molecular weight excluding hydrogens is 372 g/mol. The summed E-state index contributed by atoms with van der Waals surface area (Å²) in [6, 6.07) is 14.7. The standard InChI is InChI=1S/C22H24N2O5/c1-13(11-20(25)26)23-21(27)14(2)24-22(28)29-12-19-17-9-5-3-7-15(17)16-8-4-6-10-18(16)19/h3-10,13-14,19H,11-12H2,1-2H3,(H,23,27)(H,24,28)(H,25,26)/t13-,14?/m0/s1. The van der Waals surface area contributed by atoms with Gasteiger partial charge in [-0.15, -0.1) is 0 Å². The van der Waals surface area contributed by atoms with Crippen LogP contribution in [-0.4, -0.2) is 41.8 Å². The monoisotopic (exact) mass is 396 g/mol. The van der Waals surface area contributed by atoms with Gasteiger partial charge in [0, 0.05) is 12.0 Å². The molecule has 1 aliphatic carbocycles. The Bertz CT molecular complexity index is 881. The van der Waals surface area contributed by atoms with Crippen molar-refractivity contribution in [3.63, 3.8) is 0 Å². The molecule has 0 radical (unpaired) electrons. The van der Waals surface area contributed by atoms with Gasteiger partial charge in [-0.1, -0.05) is 48.5 Å². The fraction of sp³-hybridized carbons (Fsp3) is 0.318. The van der Waals surface area contributed by atoms with Crippen molar-refractivity contribution >= 4 is 18.0 Å². The zero-order valence-electron chi connectivity index (χ0n) is 16.3. The minimum Gasteiger partial charge on any atom is -0.481 e. The first-order valence-electron chi connectivity index (χ1n) is 9.50. The molecule has 0 saturated carbocycles. The van der Waals surface area contributed by atoms with Crippen LogP contribution in [0, 0.1) is 0 Å². The van der Waals surface area contributed by atoms with Crippen molar-refractivity contribution in [1.82, 2.24) is 10.6 Å². The van der Waals surface area contributed by atoms with Crippen molar-refractivity contribution in [2.45, 2.75) is 38.3 Å². The van der Waals surface area contributed by atoms with E-state index in [4.69, 9.17) is 9.84 Å². The zero-order valence-corrected chi connectivity index (χ0v) is 16.3. The minimum absolute atomic E-state index is 0.0622. The molecule has 0 aromatic heterocycles. The van der Waals surface area contributed by atoms with Gasteiger partial charge in [0.2, 0.25) is 5.91 Å². The van der Waals surface area contributed by atoms with Crippen LogP contribution in [0.3, 0.4) is 0 Å². The molecule has 2 aromatic rings. The molecule has 29 heavy (non-hydrogen) atoms. The van der Waals surface area contributed by atoms with Crippen LogP contribution < -0.4 is 10.6 Å². The number of benzene rings is 2. The third-order valence-corrected chi connectivity index (χ3v) is 4.94. The lowest BCUT2D eigenvalue weighted by molar-refractivity contribution is -0.137. The SMILES string of the molecule is CC(NC(=O)OCC1c2ccccc2-c2ccccc21)C(=O)N[C@@H](C)CC(=O)O. The Morgan fingerprint density at radius 3 is 2.07 bits per heavy atom. The van der Waals surface area contributed by atoms with Crippen molar-refractivity contribution in [2.75, 3.05) is 6.61 Å². The molecular formula is C22H24N2O5. The summed E-state index contributed by atoms with van der Waals surface area (Å²) < 4.78 is 5.41. The van der Waals surface area contributed by atoms with Crippen LogP contribution in [0.25, 0.3) is 11.1 Å². The highest BCUT2D eigenvalue weighted by Crippen LogP contribution is 2.44. The number of carboxylic acid groups (broad SMARTS) is 1. The molecule has 7 heteroatoms. The number of amides is 2. The fourth-order valence-corrected chi connectivity index (χ4v) is 3.56. The van der Waals surface area contributed by atoms with Crippen LogP contribution in [-0.2, 0) is 14.3 Å². The molecule has 0 heterocycles. The van der Waals surface area contributed by atoms with Gasteiger partial charge in [-0.2, -0.15) is 0 Å². The molecule has 0 bridgehead atoms. The van der Waals surface area contributed by atoms with E-state index < -0.39 is 30.1 Å². The first kappa shape index (κ1) is 20.4. The van der Waals surface area contributed by atoms with E-state index in [1.807, 2.05) is 36.4 Å². The highest BCUT2D eigenvalue weighted by atomic mass is 16.5. The molecule has 7 nitrogen and oxygen atoms in total. The summed E-state index contributed by atoms with van der Waals surface area (Å²) in [5.74, 6) is -1.53. The maximum Gasteiger partial charge on any atom is 0.407 e. The average molecular weight is 396 g/mol. The number of fused-ring (bicyclic) bond motifs is 3. The fourth-order valence-electron chi connectivity index (χ4n) is 3.56. The average Bonchev–Trinajstić information content (AvgIpc) is 2.99. The summed E-state index contributed by atoms with van der Waals surface area (Å²) in [5.41, 5.74) is 4.49. The number of aliphatic carboxylic acids is 1. The Balaban J connectivity index is 1.57. The van der Waals surface area contributed by atoms with Crippen LogP contribution in [0.4, 0.5) is 4.79 Å². The maximum atomic E-state index is 12.2. The Labute approximate surface area is 169 Å². The normalized spacial score (nSPS) is 14.3. The predicted molar refractivity (Wildman–Crippen MR) is 108 cm³/mol. The van der Waals surface area contributed by atoms with Crippen molar-refractivity contribution in [2.24, 2.45) is 0 Å². The minimum atomic E-state index is -1.00. The second-order valence-electron chi connectivity index (χ2n) is 7.20. The molecule has 1 aliphatic rings.